The number of nitrogens with zero attached hydrogens (tertiary/aromatic N) is 2. The van der Waals surface area contributed by atoms with Crippen LogP contribution < -0.4 is 14.4 Å². The second kappa shape index (κ2) is 7.68. The topological polar surface area (TPSA) is 42.0 Å². The van der Waals surface area contributed by atoms with Gasteiger partial charge in [-0.3, -0.25) is 4.79 Å². The van der Waals surface area contributed by atoms with E-state index < -0.39 is 0 Å². The van der Waals surface area contributed by atoms with E-state index in [2.05, 4.69) is 0 Å². The molecule has 1 amide bonds. The summed E-state index contributed by atoms with van der Waals surface area (Å²) in [5.74, 6) is 1.62. The smallest absolute Gasteiger partial charge is 0.254 e. The largest absolute Gasteiger partial charge is 0.497 e. The first kappa shape index (κ1) is 18.1. The van der Waals surface area contributed by atoms with Crippen molar-refractivity contribution in [2.24, 2.45) is 0 Å². The standard InChI is InChI=1S/C21H26N2O3/c1-22(2)16-9-7-15(8-10-16)21(24)23-13-5-6-19(23)18-14-17(25-3)11-12-20(18)26-4/h7-12,14,19H,5-6,13H2,1-4H3. The molecule has 0 N–H and O–H groups in total. The van der Waals surface area contributed by atoms with Gasteiger partial charge in [-0.1, -0.05) is 0 Å². The molecule has 1 aliphatic rings. The monoisotopic (exact) mass is 354 g/mol. The molecule has 2 aromatic rings. The van der Waals surface area contributed by atoms with E-state index in [0.29, 0.717) is 5.56 Å². The molecule has 3 rings (SSSR count). The zero-order chi connectivity index (χ0) is 18.7. The molecule has 5 nitrogen and oxygen atoms in total. The van der Waals surface area contributed by atoms with Gasteiger partial charge in [0, 0.05) is 37.5 Å². The first-order valence-corrected chi connectivity index (χ1v) is 8.85. The van der Waals surface area contributed by atoms with E-state index in [0.717, 1.165) is 42.1 Å². The highest BCUT2D eigenvalue weighted by atomic mass is 16.5. The molecule has 0 saturated carbocycles. The summed E-state index contributed by atoms with van der Waals surface area (Å²) in [7, 11) is 7.28. The fourth-order valence-electron chi connectivity index (χ4n) is 3.50. The van der Waals surface area contributed by atoms with Crippen LogP contribution in [0, 0.1) is 0 Å². The van der Waals surface area contributed by atoms with Gasteiger partial charge in [-0.05, 0) is 55.3 Å². The van der Waals surface area contributed by atoms with Crippen molar-refractivity contribution >= 4 is 11.6 Å². The van der Waals surface area contributed by atoms with E-state index >= 15 is 0 Å². The second-order valence-electron chi connectivity index (χ2n) is 6.71. The summed E-state index contributed by atoms with van der Waals surface area (Å²) in [5, 5.41) is 0. The zero-order valence-corrected chi connectivity index (χ0v) is 15.9. The van der Waals surface area contributed by atoms with Crippen molar-refractivity contribution in [3.8, 4) is 11.5 Å². The molecule has 0 aliphatic carbocycles. The van der Waals surface area contributed by atoms with E-state index in [9.17, 15) is 4.79 Å². The van der Waals surface area contributed by atoms with Crippen molar-refractivity contribution in [2.45, 2.75) is 18.9 Å². The first-order valence-electron chi connectivity index (χ1n) is 8.85. The number of carbonyl (C=O) groups excluding carboxylic acids is 1. The van der Waals surface area contributed by atoms with Crippen molar-refractivity contribution in [3.63, 3.8) is 0 Å². The number of anilines is 1. The maximum Gasteiger partial charge on any atom is 0.254 e. The van der Waals surface area contributed by atoms with Crippen molar-refractivity contribution < 1.29 is 14.3 Å². The van der Waals surface area contributed by atoms with Crippen LogP contribution in [0.25, 0.3) is 0 Å². The minimum atomic E-state index is 0.000996. The summed E-state index contributed by atoms with van der Waals surface area (Å²) in [6, 6.07) is 13.5. The number of rotatable bonds is 5. The number of amides is 1. The van der Waals surface area contributed by atoms with Crippen molar-refractivity contribution in [3.05, 3.63) is 53.6 Å². The molecule has 5 heteroatoms. The molecule has 0 spiro atoms. The lowest BCUT2D eigenvalue weighted by Gasteiger charge is -2.27. The van der Waals surface area contributed by atoms with E-state index in [1.165, 1.54) is 0 Å². The molecule has 26 heavy (non-hydrogen) atoms. The van der Waals surface area contributed by atoms with Crippen LogP contribution in [0.1, 0.15) is 34.8 Å². The Bertz CT molecular complexity index is 771. The molecule has 0 bridgehead atoms. The number of benzene rings is 2. The van der Waals surface area contributed by atoms with E-state index in [-0.39, 0.29) is 11.9 Å². The Balaban J connectivity index is 1.89. The maximum absolute atomic E-state index is 13.1. The van der Waals surface area contributed by atoms with Gasteiger partial charge in [0.15, 0.2) is 0 Å². The second-order valence-corrected chi connectivity index (χ2v) is 6.71. The lowest BCUT2D eigenvalue weighted by atomic mass is 10.0. The highest BCUT2D eigenvalue weighted by molar-refractivity contribution is 5.95. The van der Waals surface area contributed by atoms with Crippen LogP contribution in [0.3, 0.4) is 0 Å². The molecule has 1 atom stereocenters. The fraction of sp³-hybridized carbons (Fsp3) is 0.381. The van der Waals surface area contributed by atoms with Crippen LogP contribution >= 0.6 is 0 Å². The van der Waals surface area contributed by atoms with Crippen LogP contribution in [0.5, 0.6) is 11.5 Å². The van der Waals surface area contributed by atoms with Gasteiger partial charge >= 0.3 is 0 Å². The fourth-order valence-corrected chi connectivity index (χ4v) is 3.50. The SMILES string of the molecule is COc1ccc(OC)c(C2CCCN2C(=O)c2ccc(N(C)C)cc2)c1. The summed E-state index contributed by atoms with van der Waals surface area (Å²) < 4.78 is 10.9. The minimum absolute atomic E-state index is 0.000996. The normalized spacial score (nSPS) is 16.5. The summed E-state index contributed by atoms with van der Waals surface area (Å²) in [6.07, 6.45) is 1.90. The highest BCUT2D eigenvalue weighted by Crippen LogP contribution is 2.39. The molecule has 1 saturated heterocycles. The van der Waals surface area contributed by atoms with Crippen molar-refractivity contribution in [1.29, 1.82) is 0 Å². The molecule has 0 radical (unpaired) electrons. The third kappa shape index (κ3) is 3.47. The molecular weight excluding hydrogens is 328 g/mol. The maximum atomic E-state index is 13.1. The molecule has 138 valence electrons. The van der Waals surface area contributed by atoms with Gasteiger partial charge in [-0.15, -0.1) is 0 Å². The van der Waals surface area contributed by atoms with Gasteiger partial charge in [0.05, 0.1) is 20.3 Å². The Kier molecular flexibility index (Phi) is 5.35. The number of likely N-dealkylation sites (tertiary alicyclic amines) is 1. The number of hydrogen-bond acceptors (Lipinski definition) is 4. The summed E-state index contributed by atoms with van der Waals surface area (Å²) in [6.45, 7) is 0.749. The van der Waals surface area contributed by atoms with Crippen molar-refractivity contribution in [2.75, 3.05) is 39.8 Å². The van der Waals surface area contributed by atoms with Crippen LogP contribution in [0.2, 0.25) is 0 Å². The highest BCUT2D eigenvalue weighted by Gasteiger charge is 2.32. The van der Waals surface area contributed by atoms with Gasteiger partial charge in [-0.2, -0.15) is 0 Å². The third-order valence-corrected chi connectivity index (χ3v) is 4.94. The quantitative estimate of drug-likeness (QED) is 0.820. The number of hydrogen-bond donors (Lipinski definition) is 0. The van der Waals surface area contributed by atoms with E-state index in [1.54, 1.807) is 14.2 Å². The predicted octanol–water partition coefficient (Wildman–Crippen LogP) is 3.75. The van der Waals surface area contributed by atoms with Crippen LogP contribution in [0.4, 0.5) is 5.69 Å². The number of methoxy groups -OCH3 is 2. The first-order chi connectivity index (χ1) is 12.5. The Morgan fingerprint density at radius 1 is 1.08 bits per heavy atom. The van der Waals surface area contributed by atoms with Gasteiger partial charge in [-0.25, -0.2) is 0 Å². The average Bonchev–Trinajstić information content (AvgIpc) is 3.16. The number of ether oxygens (including phenoxy) is 2. The lowest BCUT2D eigenvalue weighted by Crippen LogP contribution is -2.30. The minimum Gasteiger partial charge on any atom is -0.497 e. The third-order valence-electron chi connectivity index (χ3n) is 4.94. The molecule has 1 heterocycles. The lowest BCUT2D eigenvalue weighted by molar-refractivity contribution is 0.0734. The van der Waals surface area contributed by atoms with E-state index in [4.69, 9.17) is 9.47 Å². The molecular formula is C21H26N2O3. The Labute approximate surface area is 155 Å². The Morgan fingerprint density at radius 3 is 2.42 bits per heavy atom. The van der Waals surface area contributed by atoms with Gasteiger partial charge in [0.25, 0.3) is 5.91 Å². The zero-order valence-electron chi connectivity index (χ0n) is 15.9. The van der Waals surface area contributed by atoms with Gasteiger partial charge in [0.2, 0.25) is 0 Å². The summed E-state index contributed by atoms with van der Waals surface area (Å²) in [5.41, 5.74) is 2.79. The molecule has 0 aromatic heterocycles. The van der Waals surface area contributed by atoms with Crippen molar-refractivity contribution in [1.82, 2.24) is 4.90 Å². The van der Waals surface area contributed by atoms with Crippen LogP contribution in [-0.2, 0) is 0 Å². The van der Waals surface area contributed by atoms with Gasteiger partial charge < -0.3 is 19.3 Å². The summed E-state index contributed by atoms with van der Waals surface area (Å²) >= 11 is 0. The molecule has 1 unspecified atom stereocenters. The van der Waals surface area contributed by atoms with Crippen LogP contribution in [0.15, 0.2) is 42.5 Å². The molecule has 2 aromatic carbocycles. The summed E-state index contributed by atoms with van der Waals surface area (Å²) in [4.78, 5) is 17.1. The Hall–Kier alpha value is -2.69. The predicted molar refractivity (Wildman–Crippen MR) is 103 cm³/mol. The Morgan fingerprint density at radius 2 is 1.81 bits per heavy atom. The molecule has 1 fully saturated rings. The van der Waals surface area contributed by atoms with Gasteiger partial charge in [0.1, 0.15) is 11.5 Å². The van der Waals surface area contributed by atoms with E-state index in [1.807, 2.05) is 66.4 Å². The van der Waals surface area contributed by atoms with Crippen LogP contribution in [-0.4, -0.2) is 45.7 Å². The average molecular weight is 354 g/mol. The molecule has 1 aliphatic heterocycles. The number of carbonyl (C=O) groups is 1.